The van der Waals surface area contributed by atoms with E-state index in [1.165, 1.54) is 11.4 Å². The van der Waals surface area contributed by atoms with Crippen molar-refractivity contribution in [3.05, 3.63) is 36.0 Å². The molecule has 1 aliphatic rings. The fourth-order valence-electron chi connectivity index (χ4n) is 2.64. The number of fused-ring (bicyclic) bond motifs is 1. The number of hydrogen-bond donors (Lipinski definition) is 1. The number of hydrogen-bond acceptors (Lipinski definition) is 5. The van der Waals surface area contributed by atoms with Crippen LogP contribution in [0.25, 0.3) is 0 Å². The molecule has 5 nitrogen and oxygen atoms in total. The van der Waals surface area contributed by atoms with E-state index in [-0.39, 0.29) is 0 Å². The average Bonchev–Trinajstić information content (AvgIpc) is 2.78. The van der Waals surface area contributed by atoms with Gasteiger partial charge in [-0.05, 0) is 24.5 Å². The molecule has 0 saturated heterocycles. The van der Waals surface area contributed by atoms with Crippen molar-refractivity contribution in [2.24, 2.45) is 5.92 Å². The number of nitrogens with one attached hydrogen (secondary N) is 1. The number of benzene rings is 1. The van der Waals surface area contributed by atoms with E-state index in [9.17, 15) is 0 Å². The Morgan fingerprint density at radius 1 is 1.33 bits per heavy atom. The van der Waals surface area contributed by atoms with Gasteiger partial charge >= 0.3 is 0 Å². The topological polar surface area (TPSA) is 54.2 Å². The first-order valence-corrected chi connectivity index (χ1v) is 7.61. The molecule has 0 fully saturated rings. The number of para-hydroxylation sites is 2. The summed E-state index contributed by atoms with van der Waals surface area (Å²) in [6, 6.07) is 8.38. The first kappa shape index (κ1) is 13.9. The smallest absolute Gasteiger partial charge is 0.246 e. The zero-order valence-electron chi connectivity index (χ0n) is 12.7. The first-order valence-electron chi connectivity index (χ1n) is 7.61. The molecule has 1 aromatic heterocycles. The highest BCUT2D eigenvalue weighted by Gasteiger charge is 2.17. The summed E-state index contributed by atoms with van der Waals surface area (Å²) in [5.41, 5.74) is 2.38. The van der Waals surface area contributed by atoms with E-state index in [0.717, 1.165) is 31.8 Å². The molecule has 1 N–H and O–H groups in total. The van der Waals surface area contributed by atoms with Gasteiger partial charge in [-0.1, -0.05) is 31.1 Å². The van der Waals surface area contributed by atoms with E-state index in [1.54, 1.807) is 0 Å². The molecule has 112 valence electrons. The molecular weight excluding hydrogens is 264 g/mol. The van der Waals surface area contributed by atoms with Gasteiger partial charge in [0.25, 0.3) is 0 Å². The highest BCUT2D eigenvalue weighted by atomic mass is 16.5. The predicted octanol–water partition coefficient (Wildman–Crippen LogP) is 3.09. The van der Waals surface area contributed by atoms with Gasteiger partial charge in [0.15, 0.2) is 5.82 Å². The molecular formula is C16H22N4O. The van der Waals surface area contributed by atoms with Crippen molar-refractivity contribution >= 4 is 11.4 Å². The largest absolute Gasteiger partial charge is 0.383 e. The van der Waals surface area contributed by atoms with E-state index in [1.807, 2.05) is 0 Å². The molecule has 1 aliphatic heterocycles. The zero-order valence-corrected chi connectivity index (χ0v) is 12.7. The molecule has 2 heterocycles. The average molecular weight is 286 g/mol. The SMILES string of the molecule is CC(C)Cc1noc(CN2CCCNc3ccccc32)n1. The summed E-state index contributed by atoms with van der Waals surface area (Å²) in [4.78, 5) is 6.82. The lowest BCUT2D eigenvalue weighted by atomic mass is 10.1. The Morgan fingerprint density at radius 3 is 3.05 bits per heavy atom. The van der Waals surface area contributed by atoms with Gasteiger partial charge in [0.05, 0.1) is 17.9 Å². The summed E-state index contributed by atoms with van der Waals surface area (Å²) in [7, 11) is 0. The van der Waals surface area contributed by atoms with Crippen molar-refractivity contribution in [3.63, 3.8) is 0 Å². The van der Waals surface area contributed by atoms with Crippen LogP contribution < -0.4 is 10.2 Å². The summed E-state index contributed by atoms with van der Waals surface area (Å²) in [5.74, 6) is 2.04. The van der Waals surface area contributed by atoms with Crippen LogP contribution >= 0.6 is 0 Å². The maximum Gasteiger partial charge on any atom is 0.246 e. The molecule has 0 radical (unpaired) electrons. The van der Waals surface area contributed by atoms with Crippen molar-refractivity contribution in [2.45, 2.75) is 33.2 Å². The molecule has 0 amide bonds. The van der Waals surface area contributed by atoms with Crippen LogP contribution in [-0.4, -0.2) is 23.2 Å². The molecule has 2 aromatic rings. The van der Waals surface area contributed by atoms with E-state index in [2.05, 4.69) is 58.5 Å². The maximum atomic E-state index is 5.40. The van der Waals surface area contributed by atoms with Gasteiger partial charge < -0.3 is 14.7 Å². The quantitative estimate of drug-likeness (QED) is 0.936. The van der Waals surface area contributed by atoms with Gasteiger partial charge in [-0.25, -0.2) is 0 Å². The third-order valence-electron chi connectivity index (χ3n) is 3.59. The minimum absolute atomic E-state index is 0.540. The zero-order chi connectivity index (χ0) is 14.7. The van der Waals surface area contributed by atoms with Crippen molar-refractivity contribution < 1.29 is 4.52 Å². The van der Waals surface area contributed by atoms with Crippen LogP contribution in [0, 0.1) is 5.92 Å². The van der Waals surface area contributed by atoms with Crippen molar-refractivity contribution in [1.82, 2.24) is 10.1 Å². The van der Waals surface area contributed by atoms with Crippen LogP contribution in [0.4, 0.5) is 11.4 Å². The minimum Gasteiger partial charge on any atom is -0.383 e. The Balaban J connectivity index is 1.76. The second-order valence-corrected chi connectivity index (χ2v) is 5.92. The molecule has 0 atom stereocenters. The standard InChI is InChI=1S/C16H22N4O/c1-12(2)10-15-18-16(21-19-15)11-20-9-5-8-17-13-6-3-4-7-14(13)20/h3-4,6-7,12,17H,5,8-11H2,1-2H3. The molecule has 0 spiro atoms. The lowest BCUT2D eigenvalue weighted by molar-refractivity contribution is 0.369. The van der Waals surface area contributed by atoms with Crippen LogP contribution in [0.15, 0.2) is 28.8 Å². The fourth-order valence-corrected chi connectivity index (χ4v) is 2.64. The normalized spacial score (nSPS) is 14.7. The van der Waals surface area contributed by atoms with Gasteiger partial charge in [-0.2, -0.15) is 4.98 Å². The molecule has 0 aliphatic carbocycles. The lowest BCUT2D eigenvalue weighted by Crippen LogP contribution is -2.23. The molecule has 3 rings (SSSR count). The first-order chi connectivity index (χ1) is 10.2. The number of nitrogens with zero attached hydrogens (tertiary/aromatic N) is 3. The summed E-state index contributed by atoms with van der Waals surface area (Å²) in [6.07, 6.45) is 1.96. The van der Waals surface area contributed by atoms with E-state index in [4.69, 9.17) is 4.52 Å². The Labute approximate surface area is 125 Å². The molecule has 0 bridgehead atoms. The second kappa shape index (κ2) is 6.16. The molecule has 21 heavy (non-hydrogen) atoms. The second-order valence-electron chi connectivity index (χ2n) is 5.92. The lowest BCUT2D eigenvalue weighted by Gasteiger charge is -2.22. The number of aromatic nitrogens is 2. The van der Waals surface area contributed by atoms with E-state index < -0.39 is 0 Å². The van der Waals surface area contributed by atoms with Crippen LogP contribution in [0.5, 0.6) is 0 Å². The Morgan fingerprint density at radius 2 is 2.19 bits per heavy atom. The van der Waals surface area contributed by atoms with Gasteiger partial charge in [0.2, 0.25) is 5.89 Å². The molecule has 0 unspecified atom stereocenters. The van der Waals surface area contributed by atoms with Gasteiger partial charge in [0, 0.05) is 19.5 Å². The summed E-state index contributed by atoms with van der Waals surface area (Å²) in [5, 5.41) is 7.54. The van der Waals surface area contributed by atoms with Crippen molar-refractivity contribution in [1.29, 1.82) is 0 Å². The monoisotopic (exact) mass is 286 g/mol. The molecule has 5 heteroatoms. The molecule has 0 saturated carbocycles. The highest BCUT2D eigenvalue weighted by Crippen LogP contribution is 2.28. The van der Waals surface area contributed by atoms with Crippen LogP contribution in [-0.2, 0) is 13.0 Å². The Hall–Kier alpha value is -2.04. The number of rotatable bonds is 4. The van der Waals surface area contributed by atoms with Crippen molar-refractivity contribution in [2.75, 3.05) is 23.3 Å². The van der Waals surface area contributed by atoms with Crippen LogP contribution in [0.1, 0.15) is 32.0 Å². The van der Waals surface area contributed by atoms with Crippen LogP contribution in [0.3, 0.4) is 0 Å². The van der Waals surface area contributed by atoms with Gasteiger partial charge in [-0.3, -0.25) is 0 Å². The number of anilines is 2. The van der Waals surface area contributed by atoms with Gasteiger partial charge in [0.1, 0.15) is 0 Å². The fraction of sp³-hybridized carbons (Fsp3) is 0.500. The highest BCUT2D eigenvalue weighted by molar-refractivity contribution is 5.70. The minimum atomic E-state index is 0.540. The van der Waals surface area contributed by atoms with E-state index >= 15 is 0 Å². The third kappa shape index (κ3) is 3.35. The Kier molecular flexibility index (Phi) is 4.08. The predicted molar refractivity (Wildman–Crippen MR) is 83.4 cm³/mol. The van der Waals surface area contributed by atoms with E-state index in [0.29, 0.717) is 18.4 Å². The van der Waals surface area contributed by atoms with Crippen LogP contribution in [0.2, 0.25) is 0 Å². The summed E-state index contributed by atoms with van der Waals surface area (Å²) < 4.78 is 5.40. The Bertz CT molecular complexity index is 593. The maximum absolute atomic E-state index is 5.40. The third-order valence-corrected chi connectivity index (χ3v) is 3.59. The van der Waals surface area contributed by atoms with Gasteiger partial charge in [-0.15, -0.1) is 0 Å². The summed E-state index contributed by atoms with van der Waals surface area (Å²) in [6.45, 7) is 6.98. The summed E-state index contributed by atoms with van der Waals surface area (Å²) >= 11 is 0. The van der Waals surface area contributed by atoms with Crippen molar-refractivity contribution in [3.8, 4) is 0 Å². The molecule has 1 aromatic carbocycles.